The number of nitrogens with zero attached hydrogens (tertiary/aromatic N) is 3. The van der Waals surface area contributed by atoms with Gasteiger partial charge < -0.3 is 10.5 Å². The number of anilines is 2. The molecule has 0 bridgehead atoms. The third kappa shape index (κ3) is 4.41. The number of carbonyl (C=O) groups is 1. The Morgan fingerprint density at radius 3 is 2.55 bits per heavy atom. The van der Waals surface area contributed by atoms with Crippen LogP contribution in [0.2, 0.25) is 0 Å². The minimum absolute atomic E-state index is 0.0583. The molecule has 0 atom stereocenters. The van der Waals surface area contributed by atoms with Crippen LogP contribution in [-0.2, 0) is 11.3 Å². The Morgan fingerprint density at radius 1 is 1.17 bits per heavy atom. The van der Waals surface area contributed by atoms with Crippen molar-refractivity contribution in [1.29, 1.82) is 0 Å². The summed E-state index contributed by atoms with van der Waals surface area (Å²) in [6.07, 6.45) is 1.48. The van der Waals surface area contributed by atoms with Gasteiger partial charge >= 0.3 is 5.69 Å². The van der Waals surface area contributed by atoms with Gasteiger partial charge in [-0.1, -0.05) is 36.4 Å². The van der Waals surface area contributed by atoms with Crippen LogP contribution in [0.1, 0.15) is 16.1 Å². The number of hydrogen-bond donors (Lipinski definition) is 2. The molecule has 0 aliphatic heterocycles. The molecule has 0 aliphatic rings. The second-order valence-corrected chi connectivity index (χ2v) is 6.23. The summed E-state index contributed by atoms with van der Waals surface area (Å²) in [4.78, 5) is 45.5. The van der Waals surface area contributed by atoms with Crippen LogP contribution in [0, 0.1) is 0 Å². The Balaban J connectivity index is 2.10. The van der Waals surface area contributed by atoms with Gasteiger partial charge in [0.05, 0.1) is 13.2 Å². The van der Waals surface area contributed by atoms with E-state index in [0.717, 1.165) is 5.56 Å². The summed E-state index contributed by atoms with van der Waals surface area (Å²) in [5.41, 5.74) is 5.64. The van der Waals surface area contributed by atoms with E-state index in [-0.39, 0.29) is 36.9 Å². The minimum Gasteiger partial charge on any atom is -0.383 e. The summed E-state index contributed by atoms with van der Waals surface area (Å²) in [7, 11) is 1.48. The lowest BCUT2D eigenvalue weighted by Crippen LogP contribution is -2.42. The summed E-state index contributed by atoms with van der Waals surface area (Å²) >= 11 is 0. The third-order valence-electron chi connectivity index (χ3n) is 4.32. The van der Waals surface area contributed by atoms with Gasteiger partial charge in [-0.15, -0.1) is 0 Å². The molecule has 0 saturated carbocycles. The Labute approximate surface area is 166 Å². The highest BCUT2D eigenvalue weighted by Crippen LogP contribution is 2.19. The summed E-state index contributed by atoms with van der Waals surface area (Å²) in [6, 6.07) is 14.1. The molecular formula is C20H21N5O4. The van der Waals surface area contributed by atoms with Gasteiger partial charge in [0.25, 0.3) is 11.5 Å². The fourth-order valence-corrected chi connectivity index (χ4v) is 2.89. The van der Waals surface area contributed by atoms with Crippen LogP contribution in [0.15, 0.2) is 64.3 Å². The topological polar surface area (TPSA) is 123 Å². The molecule has 3 aromatic rings. The van der Waals surface area contributed by atoms with E-state index < -0.39 is 17.2 Å². The second kappa shape index (κ2) is 8.98. The number of carbonyl (C=O) groups excluding carboxylic acids is 1. The van der Waals surface area contributed by atoms with Crippen molar-refractivity contribution in [3.05, 3.63) is 86.8 Å². The first-order valence-corrected chi connectivity index (χ1v) is 8.91. The first kappa shape index (κ1) is 20.0. The first-order valence-electron chi connectivity index (χ1n) is 8.91. The maximum absolute atomic E-state index is 13.0. The van der Waals surface area contributed by atoms with Crippen LogP contribution in [-0.4, -0.2) is 40.7 Å². The van der Waals surface area contributed by atoms with Crippen molar-refractivity contribution in [2.45, 2.75) is 6.54 Å². The number of hydrogen-bond acceptors (Lipinski definition) is 6. The van der Waals surface area contributed by atoms with Crippen LogP contribution >= 0.6 is 0 Å². The van der Waals surface area contributed by atoms with Gasteiger partial charge in [-0.25, -0.2) is 4.79 Å². The smallest absolute Gasteiger partial charge is 0.330 e. The van der Waals surface area contributed by atoms with Crippen molar-refractivity contribution in [1.82, 2.24) is 14.5 Å². The van der Waals surface area contributed by atoms with Gasteiger partial charge in [0, 0.05) is 19.9 Å². The fraction of sp³-hybridized carbons (Fsp3) is 0.200. The lowest BCUT2D eigenvalue weighted by Gasteiger charge is -2.24. The van der Waals surface area contributed by atoms with Gasteiger partial charge in [0.15, 0.2) is 5.69 Å². The number of methoxy groups -OCH3 is 1. The predicted octanol–water partition coefficient (Wildman–Crippen LogP) is 0.855. The van der Waals surface area contributed by atoms with Crippen LogP contribution in [0.25, 0.3) is 0 Å². The van der Waals surface area contributed by atoms with Crippen molar-refractivity contribution < 1.29 is 9.53 Å². The number of nitrogens with two attached hydrogens (primary N) is 1. The summed E-state index contributed by atoms with van der Waals surface area (Å²) < 4.78 is 6.29. The number of benzene rings is 1. The number of H-pyrrole nitrogens is 1. The quantitative estimate of drug-likeness (QED) is 0.611. The van der Waals surface area contributed by atoms with E-state index in [4.69, 9.17) is 10.5 Å². The molecule has 0 fully saturated rings. The van der Waals surface area contributed by atoms with Crippen molar-refractivity contribution in [3.8, 4) is 0 Å². The molecule has 2 aromatic heterocycles. The number of nitrogens with one attached hydrogen (secondary N) is 1. The lowest BCUT2D eigenvalue weighted by molar-refractivity contribution is 0.0970. The molecule has 29 heavy (non-hydrogen) atoms. The number of pyridine rings is 1. The van der Waals surface area contributed by atoms with Crippen LogP contribution in [0.3, 0.4) is 0 Å². The molecular weight excluding hydrogens is 374 g/mol. The van der Waals surface area contributed by atoms with Crippen LogP contribution in [0.5, 0.6) is 0 Å². The largest absolute Gasteiger partial charge is 0.383 e. The molecule has 9 nitrogen and oxygen atoms in total. The number of ether oxygens (including phenoxy) is 1. The Morgan fingerprint density at radius 2 is 1.90 bits per heavy atom. The molecule has 1 aromatic carbocycles. The van der Waals surface area contributed by atoms with E-state index in [2.05, 4.69) is 9.97 Å². The van der Waals surface area contributed by atoms with Crippen LogP contribution in [0.4, 0.5) is 11.5 Å². The second-order valence-electron chi connectivity index (χ2n) is 6.23. The zero-order valence-corrected chi connectivity index (χ0v) is 15.9. The summed E-state index contributed by atoms with van der Waals surface area (Å²) in [5, 5.41) is 0. The first-order chi connectivity index (χ1) is 14.0. The average Bonchev–Trinajstić information content (AvgIpc) is 2.74. The fourth-order valence-electron chi connectivity index (χ4n) is 2.89. The molecule has 0 saturated heterocycles. The van der Waals surface area contributed by atoms with Crippen LogP contribution < -0.4 is 21.9 Å². The maximum atomic E-state index is 13.0. The number of aromatic nitrogens is 3. The van der Waals surface area contributed by atoms with Gasteiger partial charge in [-0.2, -0.15) is 0 Å². The predicted molar refractivity (Wildman–Crippen MR) is 109 cm³/mol. The molecule has 2 heterocycles. The van der Waals surface area contributed by atoms with E-state index in [1.54, 1.807) is 12.1 Å². The van der Waals surface area contributed by atoms with Crippen molar-refractivity contribution in [2.75, 3.05) is 30.9 Å². The number of nitrogen functional groups attached to an aromatic ring is 1. The molecule has 0 spiro atoms. The van der Waals surface area contributed by atoms with Gasteiger partial charge in [-0.3, -0.25) is 29.0 Å². The normalized spacial score (nSPS) is 10.7. The molecule has 0 radical (unpaired) electrons. The van der Waals surface area contributed by atoms with E-state index in [1.807, 2.05) is 30.3 Å². The number of rotatable bonds is 7. The standard InChI is InChI=1S/C20H21N5O4/c1-29-12-11-24(19(27)15-9-5-6-10-22-15)16-17(21)25(20(28)23-18(16)26)13-14-7-3-2-4-8-14/h2-10H,11-13,21H2,1H3,(H,23,26,28). The molecule has 150 valence electrons. The Kier molecular flexibility index (Phi) is 6.20. The van der Waals surface area contributed by atoms with Gasteiger partial charge in [0.1, 0.15) is 11.5 Å². The third-order valence-corrected chi connectivity index (χ3v) is 4.32. The highest BCUT2D eigenvalue weighted by atomic mass is 16.5. The zero-order chi connectivity index (χ0) is 20.8. The Hall–Kier alpha value is -3.72. The summed E-state index contributed by atoms with van der Waals surface area (Å²) in [6.45, 7) is 0.364. The van der Waals surface area contributed by atoms with Crippen molar-refractivity contribution in [2.24, 2.45) is 0 Å². The molecule has 0 aliphatic carbocycles. The molecule has 3 rings (SSSR count). The van der Waals surface area contributed by atoms with Gasteiger partial charge in [-0.05, 0) is 17.7 Å². The van der Waals surface area contributed by atoms with E-state index in [0.29, 0.717) is 0 Å². The van der Waals surface area contributed by atoms with Crippen molar-refractivity contribution >= 4 is 17.4 Å². The van der Waals surface area contributed by atoms with Gasteiger partial charge in [0.2, 0.25) is 0 Å². The number of aromatic amines is 1. The molecule has 0 unspecified atom stereocenters. The highest BCUT2D eigenvalue weighted by molar-refractivity contribution is 6.05. The van der Waals surface area contributed by atoms with Crippen molar-refractivity contribution in [3.63, 3.8) is 0 Å². The minimum atomic E-state index is -0.753. The average molecular weight is 395 g/mol. The lowest BCUT2D eigenvalue weighted by atomic mass is 10.2. The molecule has 1 amide bonds. The maximum Gasteiger partial charge on any atom is 0.330 e. The van der Waals surface area contributed by atoms with E-state index in [1.165, 1.54) is 28.8 Å². The van der Waals surface area contributed by atoms with E-state index >= 15 is 0 Å². The monoisotopic (exact) mass is 395 g/mol. The number of amides is 1. The molecule has 9 heteroatoms. The summed E-state index contributed by atoms with van der Waals surface area (Å²) in [5.74, 6) is -0.632. The highest BCUT2D eigenvalue weighted by Gasteiger charge is 2.25. The molecule has 3 N–H and O–H groups in total. The Bertz CT molecular complexity index is 1090. The SMILES string of the molecule is COCCN(C(=O)c1ccccn1)c1c(N)n(Cc2ccccc2)c(=O)[nH]c1=O. The van der Waals surface area contributed by atoms with E-state index in [9.17, 15) is 14.4 Å². The zero-order valence-electron chi connectivity index (χ0n) is 15.9.